The van der Waals surface area contributed by atoms with Crippen LogP contribution in [-0.4, -0.2) is 20.7 Å². The van der Waals surface area contributed by atoms with Crippen molar-refractivity contribution in [3.8, 4) is 11.4 Å². The van der Waals surface area contributed by atoms with Crippen molar-refractivity contribution >= 4 is 76.9 Å². The van der Waals surface area contributed by atoms with Crippen LogP contribution in [-0.2, 0) is 11.8 Å². The van der Waals surface area contributed by atoms with E-state index in [9.17, 15) is 0 Å². The second-order valence-corrected chi connectivity index (χ2v) is 15.5. The molecule has 6 aromatic carbocycles. The molecule has 9 aromatic rings. The number of hydrogen-bond donors (Lipinski definition) is 1. The minimum absolute atomic E-state index is 0.0453. The maximum Gasteiger partial charge on any atom is 0.0963 e. The van der Waals surface area contributed by atoms with Gasteiger partial charge in [-0.3, -0.25) is 4.98 Å². The van der Waals surface area contributed by atoms with Crippen molar-refractivity contribution in [3.63, 3.8) is 0 Å². The minimum Gasteiger partial charge on any atom is -0.379 e. The summed E-state index contributed by atoms with van der Waals surface area (Å²) in [6.45, 7) is 10.4. The fourth-order valence-corrected chi connectivity index (χ4v) is 9.57. The zero-order valence-corrected chi connectivity index (χ0v) is 28.9. The van der Waals surface area contributed by atoms with Crippen LogP contribution in [0.4, 0.5) is 5.69 Å². The summed E-state index contributed by atoms with van der Waals surface area (Å²) in [5, 5.41) is 14.4. The van der Waals surface area contributed by atoms with Crippen LogP contribution < -0.4 is 5.32 Å². The van der Waals surface area contributed by atoms with Gasteiger partial charge in [-0.25, -0.2) is 0 Å². The number of anilines is 1. The SMILES string of the molecule is CC(C)c1cc(-n2c3ccccc3c3ncccc32)c2cc3c4c(cc(-n5c6c(c7ccccc75)NCC=C6)c5ccc1c2c54)CCC3(C)C. The largest absolute Gasteiger partial charge is 0.379 e. The lowest BCUT2D eigenvalue weighted by Gasteiger charge is -2.35. The van der Waals surface area contributed by atoms with Crippen molar-refractivity contribution in [3.05, 3.63) is 126 Å². The lowest BCUT2D eigenvalue weighted by atomic mass is 9.70. The highest BCUT2D eigenvalue weighted by Crippen LogP contribution is 2.51. The van der Waals surface area contributed by atoms with Crippen LogP contribution in [0.25, 0.3) is 82.6 Å². The number of rotatable bonds is 3. The van der Waals surface area contributed by atoms with Gasteiger partial charge >= 0.3 is 0 Å². The Labute approximate surface area is 291 Å². The topological polar surface area (TPSA) is 34.8 Å². The number of aromatic nitrogens is 3. The fourth-order valence-electron chi connectivity index (χ4n) is 9.57. The Morgan fingerprint density at radius 1 is 0.700 bits per heavy atom. The summed E-state index contributed by atoms with van der Waals surface area (Å²) in [7, 11) is 0. The summed E-state index contributed by atoms with van der Waals surface area (Å²) in [5.41, 5.74) is 14.0. The molecular weight excluding hydrogens is 609 g/mol. The standard InChI is InChI=1S/C46H38N4/c1-26(2)32-25-40(50-36-14-8-6-12-31(36)45-38(50)16-10-22-48-45)33-24-34-41-27(19-20-46(34,3)4)23-39(29-18-17-28(32)42(33)43(29)41)49-35-13-7-5-11-30(35)44-37(49)15-9-21-47-44/h5-18,22-26,47H,19-21H2,1-4H3. The molecule has 4 heteroatoms. The molecule has 0 bridgehead atoms. The monoisotopic (exact) mass is 646 g/mol. The summed E-state index contributed by atoms with van der Waals surface area (Å²) in [4.78, 5) is 4.92. The van der Waals surface area contributed by atoms with E-state index < -0.39 is 0 Å². The molecule has 50 heavy (non-hydrogen) atoms. The molecule has 0 amide bonds. The number of hydrogen-bond acceptors (Lipinski definition) is 2. The lowest BCUT2D eigenvalue weighted by molar-refractivity contribution is 0.475. The molecule has 0 atom stereocenters. The van der Waals surface area contributed by atoms with Crippen LogP contribution in [0.15, 0.2) is 103 Å². The van der Waals surface area contributed by atoms with Crippen molar-refractivity contribution in [2.75, 3.05) is 11.9 Å². The second-order valence-electron chi connectivity index (χ2n) is 15.5. The summed E-state index contributed by atoms with van der Waals surface area (Å²) < 4.78 is 5.02. The summed E-state index contributed by atoms with van der Waals surface area (Å²) in [5.74, 6) is 0.351. The fraction of sp³-hybridized carbons (Fsp3) is 0.196. The van der Waals surface area contributed by atoms with Gasteiger partial charge in [0.1, 0.15) is 0 Å². The summed E-state index contributed by atoms with van der Waals surface area (Å²) in [6, 6.07) is 34.4. The Morgan fingerprint density at radius 2 is 1.44 bits per heavy atom. The molecule has 0 fully saturated rings. The van der Waals surface area contributed by atoms with E-state index in [1.807, 2.05) is 6.20 Å². The summed E-state index contributed by atoms with van der Waals surface area (Å²) in [6.07, 6.45) is 8.67. The number of pyridine rings is 1. The van der Waals surface area contributed by atoms with E-state index in [-0.39, 0.29) is 5.41 Å². The molecule has 4 heterocycles. The van der Waals surface area contributed by atoms with Crippen molar-refractivity contribution < 1.29 is 0 Å². The van der Waals surface area contributed by atoms with Gasteiger partial charge in [-0.15, -0.1) is 0 Å². The average Bonchev–Trinajstić information content (AvgIpc) is 3.65. The molecule has 3 aromatic heterocycles. The predicted octanol–water partition coefficient (Wildman–Crippen LogP) is 11.8. The predicted molar refractivity (Wildman–Crippen MR) is 212 cm³/mol. The van der Waals surface area contributed by atoms with Gasteiger partial charge in [0.15, 0.2) is 0 Å². The first-order valence-corrected chi connectivity index (χ1v) is 18.1. The number of aryl methyl sites for hydroxylation is 1. The van der Waals surface area contributed by atoms with Gasteiger partial charge in [-0.1, -0.05) is 82.3 Å². The first-order chi connectivity index (χ1) is 24.4. The Balaban J connectivity index is 1.37. The van der Waals surface area contributed by atoms with Crippen LogP contribution in [0.1, 0.15) is 62.4 Å². The van der Waals surface area contributed by atoms with Gasteiger partial charge in [-0.2, -0.15) is 0 Å². The maximum absolute atomic E-state index is 4.92. The molecule has 0 saturated carbocycles. The van der Waals surface area contributed by atoms with E-state index in [0.717, 1.165) is 30.4 Å². The van der Waals surface area contributed by atoms with E-state index >= 15 is 0 Å². The molecular formula is C46H38N4. The average molecular weight is 647 g/mol. The third kappa shape index (κ3) is 3.53. The Morgan fingerprint density at radius 3 is 2.28 bits per heavy atom. The maximum atomic E-state index is 4.92. The quantitative estimate of drug-likeness (QED) is 0.194. The zero-order valence-electron chi connectivity index (χ0n) is 28.9. The van der Waals surface area contributed by atoms with Crippen molar-refractivity contribution in [1.29, 1.82) is 0 Å². The van der Waals surface area contributed by atoms with Crippen LogP contribution in [0.5, 0.6) is 0 Å². The normalized spacial score (nSPS) is 15.4. The number of nitrogens with one attached hydrogen (secondary N) is 1. The van der Waals surface area contributed by atoms with E-state index in [0.29, 0.717) is 5.92 Å². The number of nitrogens with zero attached hydrogens (tertiary/aromatic N) is 3. The van der Waals surface area contributed by atoms with E-state index in [2.05, 4.69) is 145 Å². The van der Waals surface area contributed by atoms with Gasteiger partial charge < -0.3 is 14.5 Å². The number of fused-ring (bicyclic) bond motifs is 6. The smallest absolute Gasteiger partial charge is 0.0963 e. The van der Waals surface area contributed by atoms with Gasteiger partial charge in [-0.05, 0) is 106 Å². The Hall–Kier alpha value is -5.61. The minimum atomic E-state index is 0.0453. The molecule has 0 radical (unpaired) electrons. The first-order valence-electron chi connectivity index (χ1n) is 18.1. The molecule has 1 aliphatic heterocycles. The first kappa shape index (κ1) is 28.3. The van der Waals surface area contributed by atoms with Crippen molar-refractivity contribution in [2.45, 2.75) is 51.9 Å². The number of para-hydroxylation sites is 2. The van der Waals surface area contributed by atoms with E-state index in [1.54, 1.807) is 0 Å². The molecule has 1 aliphatic carbocycles. The van der Waals surface area contributed by atoms with Gasteiger partial charge in [0, 0.05) is 39.7 Å². The van der Waals surface area contributed by atoms with Crippen LogP contribution in [0.2, 0.25) is 0 Å². The zero-order chi connectivity index (χ0) is 33.5. The highest BCUT2D eigenvalue weighted by atomic mass is 15.0. The molecule has 0 unspecified atom stereocenters. The van der Waals surface area contributed by atoms with E-state index in [4.69, 9.17) is 4.98 Å². The molecule has 2 aliphatic rings. The van der Waals surface area contributed by atoms with Gasteiger partial charge in [0.25, 0.3) is 0 Å². The number of benzene rings is 6. The molecule has 1 N–H and O–H groups in total. The Bertz CT molecular complexity index is 2880. The molecule has 11 rings (SSSR count). The molecule has 0 saturated heterocycles. The molecule has 0 spiro atoms. The highest BCUT2D eigenvalue weighted by Gasteiger charge is 2.33. The van der Waals surface area contributed by atoms with Crippen LogP contribution in [0, 0.1) is 0 Å². The Kier molecular flexibility index (Phi) is 5.51. The van der Waals surface area contributed by atoms with Gasteiger partial charge in [0.2, 0.25) is 0 Å². The van der Waals surface area contributed by atoms with Crippen LogP contribution in [0.3, 0.4) is 0 Å². The van der Waals surface area contributed by atoms with Gasteiger partial charge in [0.05, 0.1) is 44.8 Å². The third-order valence-electron chi connectivity index (χ3n) is 11.9. The molecule has 242 valence electrons. The molecule has 4 nitrogen and oxygen atoms in total. The van der Waals surface area contributed by atoms with E-state index in [1.165, 1.54) is 93.6 Å². The third-order valence-corrected chi connectivity index (χ3v) is 11.9. The summed E-state index contributed by atoms with van der Waals surface area (Å²) >= 11 is 0. The highest BCUT2D eigenvalue weighted by molar-refractivity contribution is 6.29. The van der Waals surface area contributed by atoms with Crippen molar-refractivity contribution in [1.82, 2.24) is 14.1 Å². The van der Waals surface area contributed by atoms with Crippen molar-refractivity contribution in [2.24, 2.45) is 0 Å². The second kappa shape index (κ2) is 9.76. The van der Waals surface area contributed by atoms with Crippen LogP contribution >= 0.6 is 0 Å². The lowest BCUT2D eigenvalue weighted by Crippen LogP contribution is -2.23.